The van der Waals surface area contributed by atoms with Gasteiger partial charge in [-0.05, 0) is 12.3 Å². The van der Waals surface area contributed by atoms with Gasteiger partial charge in [0.05, 0.1) is 0 Å². The molecular weight excluding hydrogens is 118 g/mol. The van der Waals surface area contributed by atoms with Crippen LogP contribution in [0.2, 0.25) is 0 Å². The standard InChI is InChI=1S/C6H9NO2/c1-4-2-5(6(8)9)7-3-4/h3-5H,2H2,1H3,(H,8,9)/t4?,5-/m0/s1. The van der Waals surface area contributed by atoms with Gasteiger partial charge in [-0.15, -0.1) is 0 Å². The Hall–Kier alpha value is -0.860. The highest BCUT2D eigenvalue weighted by Crippen LogP contribution is 2.13. The molecule has 2 atom stereocenters. The predicted octanol–water partition coefficient (Wildman–Crippen LogP) is 0.550. The van der Waals surface area contributed by atoms with E-state index in [4.69, 9.17) is 5.11 Å². The lowest BCUT2D eigenvalue weighted by Crippen LogP contribution is -2.15. The van der Waals surface area contributed by atoms with Crippen LogP contribution in [0.1, 0.15) is 13.3 Å². The molecule has 0 radical (unpaired) electrons. The minimum atomic E-state index is -0.810. The van der Waals surface area contributed by atoms with Gasteiger partial charge in [-0.2, -0.15) is 0 Å². The van der Waals surface area contributed by atoms with Crippen LogP contribution in [-0.4, -0.2) is 23.3 Å². The average Bonchev–Trinajstić information content (AvgIpc) is 2.14. The second kappa shape index (κ2) is 2.17. The number of aliphatic carboxylic acids is 1. The highest BCUT2D eigenvalue weighted by molar-refractivity contribution is 5.79. The van der Waals surface area contributed by atoms with Crippen molar-refractivity contribution in [1.29, 1.82) is 0 Å². The van der Waals surface area contributed by atoms with Crippen LogP contribution in [0.5, 0.6) is 0 Å². The maximum atomic E-state index is 10.2. The largest absolute Gasteiger partial charge is 0.480 e. The van der Waals surface area contributed by atoms with E-state index < -0.39 is 12.0 Å². The lowest BCUT2D eigenvalue weighted by atomic mass is 10.1. The summed E-state index contributed by atoms with van der Waals surface area (Å²) in [7, 11) is 0. The summed E-state index contributed by atoms with van der Waals surface area (Å²) in [5.41, 5.74) is 0. The topological polar surface area (TPSA) is 49.7 Å². The fourth-order valence-electron chi connectivity index (χ4n) is 0.889. The molecule has 0 saturated carbocycles. The third-order valence-electron chi connectivity index (χ3n) is 1.40. The SMILES string of the molecule is CC1C=N[C@H](C(=O)O)C1. The fraction of sp³-hybridized carbons (Fsp3) is 0.667. The second-order valence-electron chi connectivity index (χ2n) is 2.37. The van der Waals surface area contributed by atoms with E-state index in [9.17, 15) is 4.79 Å². The molecule has 1 rings (SSSR count). The molecule has 0 aromatic rings. The highest BCUT2D eigenvalue weighted by atomic mass is 16.4. The van der Waals surface area contributed by atoms with Crippen molar-refractivity contribution in [2.45, 2.75) is 19.4 Å². The minimum absolute atomic E-state index is 0.339. The number of carboxylic acids is 1. The van der Waals surface area contributed by atoms with Gasteiger partial charge in [0, 0.05) is 6.21 Å². The third-order valence-corrected chi connectivity index (χ3v) is 1.40. The van der Waals surface area contributed by atoms with E-state index in [1.165, 1.54) is 0 Å². The Morgan fingerprint density at radius 3 is 2.78 bits per heavy atom. The van der Waals surface area contributed by atoms with Crippen LogP contribution >= 0.6 is 0 Å². The third kappa shape index (κ3) is 1.28. The zero-order valence-electron chi connectivity index (χ0n) is 5.24. The van der Waals surface area contributed by atoms with Gasteiger partial charge in [-0.25, -0.2) is 4.79 Å². The second-order valence-corrected chi connectivity index (χ2v) is 2.37. The van der Waals surface area contributed by atoms with Gasteiger partial charge in [0.15, 0.2) is 0 Å². The zero-order valence-corrected chi connectivity index (χ0v) is 5.24. The molecule has 0 saturated heterocycles. The molecule has 0 fully saturated rings. The summed E-state index contributed by atoms with van der Waals surface area (Å²) in [6, 6.07) is -0.472. The molecule has 0 amide bonds. The molecule has 3 nitrogen and oxygen atoms in total. The fourth-order valence-corrected chi connectivity index (χ4v) is 0.889. The molecular formula is C6H9NO2. The first-order chi connectivity index (χ1) is 4.20. The van der Waals surface area contributed by atoms with E-state index in [1.54, 1.807) is 6.21 Å². The van der Waals surface area contributed by atoms with Gasteiger partial charge in [0.25, 0.3) is 0 Å². The Balaban J connectivity index is 2.50. The van der Waals surface area contributed by atoms with Crippen molar-refractivity contribution in [1.82, 2.24) is 0 Å². The van der Waals surface area contributed by atoms with Crippen molar-refractivity contribution in [3.05, 3.63) is 0 Å². The predicted molar refractivity (Wildman–Crippen MR) is 33.7 cm³/mol. The molecule has 1 aliphatic rings. The van der Waals surface area contributed by atoms with Crippen LogP contribution in [0.4, 0.5) is 0 Å². The summed E-state index contributed by atoms with van der Waals surface area (Å²) in [5.74, 6) is -0.471. The minimum Gasteiger partial charge on any atom is -0.480 e. The molecule has 1 heterocycles. The van der Waals surface area contributed by atoms with Crippen molar-refractivity contribution in [3.63, 3.8) is 0 Å². The van der Waals surface area contributed by atoms with Gasteiger partial charge in [-0.3, -0.25) is 4.99 Å². The van der Waals surface area contributed by atoms with Crippen LogP contribution < -0.4 is 0 Å². The monoisotopic (exact) mass is 127 g/mol. The Morgan fingerprint density at radius 2 is 2.56 bits per heavy atom. The number of nitrogens with zero attached hydrogens (tertiary/aromatic N) is 1. The number of carbonyl (C=O) groups is 1. The highest BCUT2D eigenvalue weighted by Gasteiger charge is 2.22. The van der Waals surface area contributed by atoms with Crippen molar-refractivity contribution < 1.29 is 9.90 Å². The smallest absolute Gasteiger partial charge is 0.328 e. The molecule has 0 bridgehead atoms. The Labute approximate surface area is 53.4 Å². The Bertz CT molecular complexity index is 153. The molecule has 1 N–H and O–H groups in total. The Kier molecular flexibility index (Phi) is 1.51. The van der Waals surface area contributed by atoms with E-state index >= 15 is 0 Å². The normalized spacial score (nSPS) is 33.0. The zero-order chi connectivity index (χ0) is 6.85. The molecule has 1 aliphatic heterocycles. The van der Waals surface area contributed by atoms with Crippen LogP contribution in [0.3, 0.4) is 0 Å². The number of rotatable bonds is 1. The molecule has 0 aromatic carbocycles. The molecule has 50 valence electrons. The van der Waals surface area contributed by atoms with Crippen LogP contribution in [0.15, 0.2) is 4.99 Å². The van der Waals surface area contributed by atoms with E-state index in [0.29, 0.717) is 12.3 Å². The summed E-state index contributed by atoms with van der Waals surface area (Å²) >= 11 is 0. The summed E-state index contributed by atoms with van der Waals surface area (Å²) in [6.45, 7) is 1.96. The van der Waals surface area contributed by atoms with E-state index in [1.807, 2.05) is 6.92 Å². The quantitative estimate of drug-likeness (QED) is 0.559. The number of hydrogen-bond acceptors (Lipinski definition) is 2. The van der Waals surface area contributed by atoms with Gasteiger partial charge in [0.1, 0.15) is 6.04 Å². The summed E-state index contributed by atoms with van der Waals surface area (Å²) in [4.78, 5) is 14.0. The number of aliphatic imine (C=N–C) groups is 1. The van der Waals surface area contributed by atoms with Gasteiger partial charge in [0.2, 0.25) is 0 Å². The maximum Gasteiger partial charge on any atom is 0.328 e. The van der Waals surface area contributed by atoms with Gasteiger partial charge < -0.3 is 5.11 Å². The molecule has 0 aliphatic carbocycles. The molecule has 0 aromatic heterocycles. The first-order valence-electron chi connectivity index (χ1n) is 2.96. The molecule has 0 spiro atoms. The molecule has 3 heteroatoms. The van der Waals surface area contributed by atoms with Crippen LogP contribution in [-0.2, 0) is 4.79 Å². The lowest BCUT2D eigenvalue weighted by molar-refractivity contribution is -0.138. The lowest BCUT2D eigenvalue weighted by Gasteiger charge is -1.98. The number of carboxylic acid groups (broad SMARTS) is 1. The van der Waals surface area contributed by atoms with Crippen molar-refractivity contribution in [2.75, 3.05) is 0 Å². The first-order valence-corrected chi connectivity index (χ1v) is 2.96. The van der Waals surface area contributed by atoms with Crippen molar-refractivity contribution >= 4 is 12.2 Å². The van der Waals surface area contributed by atoms with Gasteiger partial charge >= 0.3 is 5.97 Å². The summed E-state index contributed by atoms with van der Waals surface area (Å²) in [6.07, 6.45) is 2.37. The van der Waals surface area contributed by atoms with Crippen molar-refractivity contribution in [3.8, 4) is 0 Å². The average molecular weight is 127 g/mol. The van der Waals surface area contributed by atoms with E-state index in [0.717, 1.165) is 0 Å². The summed E-state index contributed by atoms with van der Waals surface area (Å²) < 4.78 is 0. The van der Waals surface area contributed by atoms with E-state index in [2.05, 4.69) is 4.99 Å². The summed E-state index contributed by atoms with van der Waals surface area (Å²) in [5, 5.41) is 8.42. The van der Waals surface area contributed by atoms with Crippen LogP contribution in [0, 0.1) is 5.92 Å². The number of hydrogen-bond donors (Lipinski definition) is 1. The molecule has 9 heavy (non-hydrogen) atoms. The maximum absolute atomic E-state index is 10.2. The molecule has 1 unspecified atom stereocenters. The van der Waals surface area contributed by atoms with Crippen molar-refractivity contribution in [2.24, 2.45) is 10.9 Å². The van der Waals surface area contributed by atoms with E-state index in [-0.39, 0.29) is 0 Å². The van der Waals surface area contributed by atoms with Gasteiger partial charge in [-0.1, -0.05) is 6.92 Å². The Morgan fingerprint density at radius 1 is 1.89 bits per heavy atom. The first kappa shape index (κ1) is 6.26. The van der Waals surface area contributed by atoms with Crippen LogP contribution in [0.25, 0.3) is 0 Å².